The highest BCUT2D eigenvalue weighted by atomic mass is 35.5. The molecule has 0 bridgehead atoms. The van der Waals surface area contributed by atoms with Crippen LogP contribution in [0.4, 0.5) is 0 Å². The van der Waals surface area contributed by atoms with Crippen LogP contribution in [0.25, 0.3) is 0 Å². The van der Waals surface area contributed by atoms with E-state index in [4.69, 9.17) is 11.6 Å². The summed E-state index contributed by atoms with van der Waals surface area (Å²) in [7, 11) is 0. The molecule has 0 unspecified atom stereocenters. The van der Waals surface area contributed by atoms with E-state index < -0.39 is 0 Å². The van der Waals surface area contributed by atoms with Crippen molar-refractivity contribution < 1.29 is 4.79 Å². The number of halogens is 1. The number of thiophene rings is 1. The molecule has 0 aliphatic carbocycles. The highest BCUT2D eigenvalue weighted by Gasteiger charge is 2.06. The molecule has 0 radical (unpaired) electrons. The molecule has 15 heavy (non-hydrogen) atoms. The average molecular weight is 242 g/mol. The van der Waals surface area contributed by atoms with Crippen LogP contribution in [0.2, 0.25) is 4.34 Å². The van der Waals surface area contributed by atoms with Gasteiger partial charge in [-0.05, 0) is 17.0 Å². The van der Waals surface area contributed by atoms with Crippen molar-refractivity contribution in [3.05, 3.63) is 33.2 Å². The molecule has 0 aliphatic heterocycles. The highest BCUT2D eigenvalue weighted by molar-refractivity contribution is 7.14. The van der Waals surface area contributed by atoms with Crippen molar-refractivity contribution in [3.63, 3.8) is 0 Å². The van der Waals surface area contributed by atoms with Gasteiger partial charge in [0.05, 0.1) is 17.1 Å². The number of hydrogen-bond donors (Lipinski definition) is 0. The highest BCUT2D eigenvalue weighted by Crippen LogP contribution is 2.20. The van der Waals surface area contributed by atoms with E-state index >= 15 is 0 Å². The molecular weight excluding hydrogens is 234 g/mol. The summed E-state index contributed by atoms with van der Waals surface area (Å²) >= 11 is 7.28. The predicted octanol–water partition coefficient (Wildman–Crippen LogP) is 2.24. The minimum Gasteiger partial charge on any atom is -0.293 e. The number of aromatic nitrogens is 3. The molecule has 6 heteroatoms. The predicted molar refractivity (Wildman–Crippen MR) is 58.5 cm³/mol. The molecule has 0 saturated heterocycles. The second kappa shape index (κ2) is 4.12. The van der Waals surface area contributed by atoms with Crippen LogP contribution < -0.4 is 0 Å². The van der Waals surface area contributed by atoms with Crippen molar-refractivity contribution >= 4 is 28.7 Å². The molecule has 4 nitrogen and oxygen atoms in total. The van der Waals surface area contributed by atoms with Crippen molar-refractivity contribution in [3.8, 4) is 0 Å². The molecule has 0 N–H and O–H groups in total. The molecule has 2 rings (SSSR count). The van der Waals surface area contributed by atoms with Gasteiger partial charge in [0, 0.05) is 6.92 Å². The Kier molecular flexibility index (Phi) is 2.83. The van der Waals surface area contributed by atoms with Crippen LogP contribution in [0, 0.1) is 0 Å². The Bertz CT molecular complexity index is 491. The van der Waals surface area contributed by atoms with E-state index in [-0.39, 0.29) is 5.78 Å². The van der Waals surface area contributed by atoms with E-state index in [1.165, 1.54) is 18.3 Å². The maximum atomic E-state index is 11.0. The standard InChI is InChI=1S/C9H8ClN3OS/c1-6(14)8-4-13(12-11-8)3-7-2-9(10)15-5-7/h2,4-5H,3H2,1H3. The first-order chi connectivity index (χ1) is 7.15. The van der Waals surface area contributed by atoms with Gasteiger partial charge in [0.15, 0.2) is 5.78 Å². The number of carbonyl (C=O) groups excluding carboxylic acids is 1. The van der Waals surface area contributed by atoms with Gasteiger partial charge in [-0.25, -0.2) is 4.68 Å². The lowest BCUT2D eigenvalue weighted by Gasteiger charge is -1.94. The van der Waals surface area contributed by atoms with Gasteiger partial charge in [-0.15, -0.1) is 16.4 Å². The van der Waals surface area contributed by atoms with Crippen molar-refractivity contribution in [1.82, 2.24) is 15.0 Å². The van der Waals surface area contributed by atoms with Gasteiger partial charge in [-0.2, -0.15) is 0 Å². The molecule has 2 aromatic heterocycles. The van der Waals surface area contributed by atoms with Crippen LogP contribution in [0.15, 0.2) is 17.6 Å². The summed E-state index contributed by atoms with van der Waals surface area (Å²) in [5.74, 6) is -0.0791. The Labute approximate surface area is 95.5 Å². The maximum absolute atomic E-state index is 11.0. The van der Waals surface area contributed by atoms with E-state index in [1.807, 2.05) is 11.4 Å². The molecule has 0 aromatic carbocycles. The Hall–Kier alpha value is -1.20. The second-order valence-corrected chi connectivity index (χ2v) is 4.66. The van der Waals surface area contributed by atoms with E-state index in [1.54, 1.807) is 10.9 Å². The third-order valence-corrected chi connectivity index (χ3v) is 3.01. The number of hydrogen-bond acceptors (Lipinski definition) is 4. The summed E-state index contributed by atoms with van der Waals surface area (Å²) in [6.45, 7) is 2.05. The van der Waals surface area contributed by atoms with Crippen LogP contribution in [-0.4, -0.2) is 20.8 Å². The van der Waals surface area contributed by atoms with Crippen LogP contribution in [0.3, 0.4) is 0 Å². The fourth-order valence-electron chi connectivity index (χ4n) is 1.15. The van der Waals surface area contributed by atoms with Gasteiger partial charge in [0.25, 0.3) is 0 Å². The molecule has 0 aliphatic rings. The summed E-state index contributed by atoms with van der Waals surface area (Å²) in [6.07, 6.45) is 1.63. The summed E-state index contributed by atoms with van der Waals surface area (Å²) < 4.78 is 2.37. The van der Waals surface area contributed by atoms with Gasteiger partial charge in [0.1, 0.15) is 5.69 Å². The third kappa shape index (κ3) is 2.43. The lowest BCUT2D eigenvalue weighted by molar-refractivity contribution is 0.101. The summed E-state index contributed by atoms with van der Waals surface area (Å²) in [4.78, 5) is 11.0. The van der Waals surface area contributed by atoms with Crippen LogP contribution >= 0.6 is 22.9 Å². The Balaban J connectivity index is 2.14. The summed E-state index contributed by atoms with van der Waals surface area (Å²) in [5, 5.41) is 9.56. The van der Waals surface area contributed by atoms with Gasteiger partial charge >= 0.3 is 0 Å². The van der Waals surface area contributed by atoms with Gasteiger partial charge in [0.2, 0.25) is 0 Å². The monoisotopic (exact) mass is 241 g/mol. The summed E-state index contributed by atoms with van der Waals surface area (Å²) in [5.41, 5.74) is 1.45. The Morgan fingerprint density at radius 2 is 2.47 bits per heavy atom. The third-order valence-electron chi connectivity index (χ3n) is 1.87. The zero-order valence-corrected chi connectivity index (χ0v) is 9.55. The fourth-order valence-corrected chi connectivity index (χ4v) is 2.05. The molecule has 78 valence electrons. The molecule has 0 saturated carbocycles. The zero-order valence-electron chi connectivity index (χ0n) is 7.98. The van der Waals surface area contributed by atoms with Crippen LogP contribution in [0.1, 0.15) is 23.0 Å². The lowest BCUT2D eigenvalue weighted by Crippen LogP contribution is -1.98. The topological polar surface area (TPSA) is 47.8 Å². The Morgan fingerprint density at radius 3 is 3.00 bits per heavy atom. The first-order valence-electron chi connectivity index (χ1n) is 4.29. The molecule has 0 atom stereocenters. The number of nitrogens with zero attached hydrogens (tertiary/aromatic N) is 3. The van der Waals surface area contributed by atoms with Crippen LogP contribution in [0.5, 0.6) is 0 Å². The Morgan fingerprint density at radius 1 is 1.67 bits per heavy atom. The quantitative estimate of drug-likeness (QED) is 0.775. The minimum atomic E-state index is -0.0791. The lowest BCUT2D eigenvalue weighted by atomic mass is 10.3. The smallest absolute Gasteiger partial charge is 0.181 e. The van der Waals surface area contributed by atoms with Gasteiger partial charge in [-0.1, -0.05) is 16.8 Å². The van der Waals surface area contributed by atoms with Crippen molar-refractivity contribution in [2.45, 2.75) is 13.5 Å². The first-order valence-corrected chi connectivity index (χ1v) is 5.55. The molecule has 0 fully saturated rings. The fraction of sp³-hybridized carbons (Fsp3) is 0.222. The number of carbonyl (C=O) groups is 1. The molecule has 2 heterocycles. The van der Waals surface area contributed by atoms with E-state index in [9.17, 15) is 4.79 Å². The van der Waals surface area contributed by atoms with E-state index in [2.05, 4.69) is 10.3 Å². The first kappa shape index (κ1) is 10.3. The molecule has 0 spiro atoms. The molecular formula is C9H8ClN3OS. The van der Waals surface area contributed by atoms with Crippen molar-refractivity contribution in [2.75, 3.05) is 0 Å². The molecule has 2 aromatic rings. The van der Waals surface area contributed by atoms with E-state index in [0.29, 0.717) is 12.2 Å². The van der Waals surface area contributed by atoms with E-state index in [0.717, 1.165) is 9.90 Å². The van der Waals surface area contributed by atoms with Crippen molar-refractivity contribution in [1.29, 1.82) is 0 Å². The van der Waals surface area contributed by atoms with Crippen LogP contribution in [-0.2, 0) is 6.54 Å². The normalized spacial score (nSPS) is 10.5. The van der Waals surface area contributed by atoms with Gasteiger partial charge in [-0.3, -0.25) is 4.79 Å². The number of rotatable bonds is 3. The second-order valence-electron chi connectivity index (χ2n) is 3.12. The maximum Gasteiger partial charge on any atom is 0.181 e. The molecule has 0 amide bonds. The average Bonchev–Trinajstić information content (AvgIpc) is 2.76. The number of Topliss-reactive ketones (excluding diaryl/α,β-unsaturated/α-hetero) is 1. The minimum absolute atomic E-state index is 0.0791. The van der Waals surface area contributed by atoms with Crippen molar-refractivity contribution in [2.24, 2.45) is 0 Å². The largest absolute Gasteiger partial charge is 0.293 e. The van der Waals surface area contributed by atoms with Gasteiger partial charge < -0.3 is 0 Å². The zero-order chi connectivity index (χ0) is 10.8. The number of ketones is 1. The SMILES string of the molecule is CC(=O)c1cn(Cc2csc(Cl)c2)nn1. The summed E-state index contributed by atoms with van der Waals surface area (Å²) in [6, 6.07) is 1.88.